The molecule has 0 bridgehead atoms. The van der Waals surface area contributed by atoms with Gasteiger partial charge in [-0.1, -0.05) is 12.8 Å². The van der Waals surface area contributed by atoms with Gasteiger partial charge in [0.1, 0.15) is 17.0 Å². The second-order valence-corrected chi connectivity index (χ2v) is 3.32. The Bertz CT molecular complexity index is 228. The summed E-state index contributed by atoms with van der Waals surface area (Å²) >= 11 is 5.48. The molecular formula is C4H4N4S2. The van der Waals surface area contributed by atoms with Gasteiger partial charge >= 0.3 is 0 Å². The average Bonchev–Trinajstić information content (AvgIpc) is 2.27. The first-order valence-corrected chi connectivity index (χ1v) is 3.77. The van der Waals surface area contributed by atoms with Gasteiger partial charge in [0.2, 0.25) is 0 Å². The van der Waals surface area contributed by atoms with Crippen molar-refractivity contribution in [3.05, 3.63) is 12.5 Å². The molecule has 10 heavy (non-hydrogen) atoms. The first-order valence-electron chi connectivity index (χ1n) is 2.60. The number of rotatable bonds is 0. The first kappa shape index (κ1) is 6.26. The summed E-state index contributed by atoms with van der Waals surface area (Å²) in [7, 11) is 0. The lowest BCUT2D eigenvalue weighted by molar-refractivity contribution is 0.942. The summed E-state index contributed by atoms with van der Waals surface area (Å²) in [6.45, 7) is 0. The SMILES string of the molecule is SN1Nc2cncnc2S1. The van der Waals surface area contributed by atoms with Gasteiger partial charge < -0.3 is 0 Å². The van der Waals surface area contributed by atoms with Crippen LogP contribution >= 0.6 is 24.8 Å². The molecule has 1 aromatic rings. The largest absolute Gasteiger partial charge is 0.295 e. The van der Waals surface area contributed by atoms with Gasteiger partial charge in [-0.3, -0.25) is 5.43 Å². The molecule has 52 valence electrons. The fourth-order valence-electron chi connectivity index (χ4n) is 0.676. The molecule has 0 saturated heterocycles. The summed E-state index contributed by atoms with van der Waals surface area (Å²) < 4.78 is 1.58. The summed E-state index contributed by atoms with van der Waals surface area (Å²) in [6.07, 6.45) is 3.23. The van der Waals surface area contributed by atoms with E-state index < -0.39 is 0 Å². The molecule has 1 aliphatic heterocycles. The van der Waals surface area contributed by atoms with E-state index >= 15 is 0 Å². The number of fused-ring (bicyclic) bond motifs is 1. The highest BCUT2D eigenvalue weighted by molar-refractivity contribution is 8.05. The van der Waals surface area contributed by atoms with E-state index in [9.17, 15) is 0 Å². The Labute approximate surface area is 67.7 Å². The van der Waals surface area contributed by atoms with Crippen molar-refractivity contribution in [3.63, 3.8) is 0 Å². The molecule has 0 spiro atoms. The third kappa shape index (κ3) is 0.938. The van der Waals surface area contributed by atoms with Crippen LogP contribution in [0.25, 0.3) is 0 Å². The predicted molar refractivity (Wildman–Crippen MR) is 42.3 cm³/mol. The number of nitrogens with zero attached hydrogens (tertiary/aromatic N) is 3. The summed E-state index contributed by atoms with van der Waals surface area (Å²) in [5, 5.41) is 0.907. The van der Waals surface area contributed by atoms with Crippen LogP contribution in [0.4, 0.5) is 5.69 Å². The number of thiol groups is 1. The van der Waals surface area contributed by atoms with Gasteiger partial charge in [-0.05, 0) is 0 Å². The Hall–Kier alpha value is -0.460. The summed E-state index contributed by atoms with van der Waals surface area (Å²) in [4.78, 5) is 7.85. The molecular weight excluding hydrogens is 168 g/mol. The fraction of sp³-hybridized carbons (Fsp3) is 0. The lowest BCUT2D eigenvalue weighted by atomic mass is 10.6. The highest BCUT2D eigenvalue weighted by Gasteiger charge is 2.17. The van der Waals surface area contributed by atoms with Crippen LogP contribution < -0.4 is 5.43 Å². The molecule has 0 aliphatic carbocycles. The van der Waals surface area contributed by atoms with Gasteiger partial charge in [0.05, 0.1) is 6.20 Å². The van der Waals surface area contributed by atoms with Gasteiger partial charge in [-0.25, -0.2) is 9.97 Å². The Kier molecular flexibility index (Phi) is 1.44. The maximum atomic E-state index is 4.05. The van der Waals surface area contributed by atoms with Crippen molar-refractivity contribution in [3.8, 4) is 0 Å². The second kappa shape index (κ2) is 2.30. The molecule has 0 aromatic carbocycles. The van der Waals surface area contributed by atoms with Crippen LogP contribution in [-0.2, 0) is 0 Å². The highest BCUT2D eigenvalue weighted by Crippen LogP contribution is 2.35. The lowest BCUT2D eigenvalue weighted by Crippen LogP contribution is -2.03. The number of aromatic nitrogens is 2. The van der Waals surface area contributed by atoms with Crippen LogP contribution in [0.15, 0.2) is 17.6 Å². The molecule has 0 radical (unpaired) electrons. The Balaban J connectivity index is 2.42. The van der Waals surface area contributed by atoms with E-state index in [1.807, 2.05) is 0 Å². The topological polar surface area (TPSA) is 41.0 Å². The molecule has 0 unspecified atom stereocenters. The molecule has 0 saturated carbocycles. The Morgan fingerprint density at radius 1 is 1.70 bits per heavy atom. The molecule has 1 aliphatic rings. The molecule has 1 aromatic heterocycles. The monoisotopic (exact) mass is 172 g/mol. The second-order valence-electron chi connectivity index (χ2n) is 1.72. The molecule has 0 fully saturated rings. The minimum Gasteiger partial charge on any atom is -0.295 e. The number of hydrogen-bond acceptors (Lipinski definition) is 6. The van der Waals surface area contributed by atoms with Crippen molar-refractivity contribution in [2.75, 3.05) is 5.43 Å². The summed E-state index contributed by atoms with van der Waals surface area (Å²) in [5.74, 6) is 0. The maximum Gasteiger partial charge on any atom is 0.142 e. The standard InChI is InChI=1S/C4H4N4S2/c9-8-7-3-1-5-2-6-4(3)10-8/h1-2,7,9H. The molecule has 4 nitrogen and oxygen atoms in total. The minimum atomic E-state index is 0.905. The third-order valence-electron chi connectivity index (χ3n) is 1.06. The molecule has 2 heterocycles. The van der Waals surface area contributed by atoms with Gasteiger partial charge in [-0.15, -0.1) is 3.82 Å². The quantitative estimate of drug-likeness (QED) is 0.347. The van der Waals surface area contributed by atoms with Gasteiger partial charge in [0.25, 0.3) is 0 Å². The van der Waals surface area contributed by atoms with Crippen molar-refractivity contribution < 1.29 is 0 Å². The van der Waals surface area contributed by atoms with E-state index in [-0.39, 0.29) is 0 Å². The number of hydrogen-bond donors (Lipinski definition) is 2. The van der Waals surface area contributed by atoms with Gasteiger partial charge in [0, 0.05) is 11.9 Å². The third-order valence-corrected chi connectivity index (χ3v) is 2.17. The fourth-order valence-corrected chi connectivity index (χ4v) is 1.61. The Morgan fingerprint density at radius 2 is 2.60 bits per heavy atom. The van der Waals surface area contributed by atoms with E-state index in [0.717, 1.165) is 10.7 Å². The number of hydrazine groups is 1. The molecule has 6 heteroatoms. The molecule has 0 atom stereocenters. The van der Waals surface area contributed by atoms with Crippen molar-refractivity contribution in [2.45, 2.75) is 5.03 Å². The van der Waals surface area contributed by atoms with Gasteiger partial charge in [-0.2, -0.15) is 0 Å². The Morgan fingerprint density at radius 3 is 3.40 bits per heavy atom. The van der Waals surface area contributed by atoms with Crippen molar-refractivity contribution in [1.82, 2.24) is 13.8 Å². The van der Waals surface area contributed by atoms with Crippen molar-refractivity contribution >= 4 is 30.5 Å². The summed E-state index contributed by atoms with van der Waals surface area (Å²) in [6, 6.07) is 0. The molecule has 1 N–H and O–H groups in total. The normalized spacial score (nSPS) is 16.5. The predicted octanol–water partition coefficient (Wildman–Crippen LogP) is 0.971. The highest BCUT2D eigenvalue weighted by atomic mass is 32.2. The van der Waals surface area contributed by atoms with Crippen LogP contribution in [0.5, 0.6) is 0 Å². The minimum absolute atomic E-state index is 0.905. The van der Waals surface area contributed by atoms with E-state index in [2.05, 4.69) is 28.2 Å². The summed E-state index contributed by atoms with van der Waals surface area (Å²) in [5.41, 5.74) is 3.84. The van der Waals surface area contributed by atoms with Gasteiger partial charge in [0.15, 0.2) is 0 Å². The van der Waals surface area contributed by atoms with Crippen LogP contribution in [-0.4, -0.2) is 13.8 Å². The smallest absolute Gasteiger partial charge is 0.142 e. The van der Waals surface area contributed by atoms with Crippen molar-refractivity contribution in [2.24, 2.45) is 0 Å². The van der Waals surface area contributed by atoms with Crippen LogP contribution in [0.3, 0.4) is 0 Å². The zero-order valence-corrected chi connectivity index (χ0v) is 6.56. The van der Waals surface area contributed by atoms with Crippen LogP contribution in [0, 0.1) is 0 Å². The lowest BCUT2D eigenvalue weighted by Gasteiger charge is -2.01. The molecule has 0 amide bonds. The number of anilines is 1. The van der Waals surface area contributed by atoms with E-state index in [1.165, 1.54) is 18.3 Å². The zero-order valence-electron chi connectivity index (χ0n) is 4.85. The van der Waals surface area contributed by atoms with Crippen LogP contribution in [0.2, 0.25) is 0 Å². The molecule has 2 rings (SSSR count). The first-order chi connectivity index (χ1) is 4.86. The van der Waals surface area contributed by atoms with E-state index in [0.29, 0.717) is 0 Å². The average molecular weight is 172 g/mol. The maximum absolute atomic E-state index is 4.05. The van der Waals surface area contributed by atoms with Crippen LogP contribution in [0.1, 0.15) is 0 Å². The van der Waals surface area contributed by atoms with E-state index in [4.69, 9.17) is 0 Å². The van der Waals surface area contributed by atoms with E-state index in [1.54, 1.807) is 10.0 Å². The number of nitrogens with one attached hydrogen (secondary N) is 1. The van der Waals surface area contributed by atoms with Crippen molar-refractivity contribution in [1.29, 1.82) is 0 Å². The zero-order chi connectivity index (χ0) is 6.97.